The molecule has 6 heteroatoms. The Morgan fingerprint density at radius 1 is 0.913 bits per heavy atom. The highest BCUT2D eigenvalue weighted by Gasteiger charge is 2.08. The van der Waals surface area contributed by atoms with Crippen LogP contribution in [0.3, 0.4) is 0 Å². The Bertz CT molecular complexity index is 908. The molecule has 0 fully saturated rings. The molecule has 0 aliphatic carbocycles. The summed E-state index contributed by atoms with van der Waals surface area (Å²) in [5, 5.41) is 0. The Morgan fingerprint density at radius 2 is 1.61 bits per heavy atom. The second-order valence-corrected chi connectivity index (χ2v) is 6.95. The van der Waals surface area contributed by atoms with Crippen molar-refractivity contribution in [3.63, 3.8) is 0 Å². The largest absolute Gasteiger partial charge is 0.439 e. The molecule has 116 valence electrons. The van der Waals surface area contributed by atoms with Gasteiger partial charge in [0.1, 0.15) is 5.75 Å². The standard InChI is InChI=1S/C17H14N2O3S/c1-23(20,21)15-9-7-14(8-10-15)22-16-11-12-18-17(19-16)13-5-3-2-4-6-13/h2-12H,1H3. The van der Waals surface area contributed by atoms with Crippen molar-refractivity contribution < 1.29 is 13.2 Å². The van der Waals surface area contributed by atoms with Gasteiger partial charge in [0.15, 0.2) is 15.7 Å². The number of hydrogen-bond donors (Lipinski definition) is 0. The molecule has 1 heterocycles. The summed E-state index contributed by atoms with van der Waals surface area (Å²) in [7, 11) is -3.22. The van der Waals surface area contributed by atoms with Gasteiger partial charge in [-0.2, -0.15) is 4.98 Å². The Morgan fingerprint density at radius 3 is 2.26 bits per heavy atom. The minimum absolute atomic E-state index is 0.248. The van der Waals surface area contributed by atoms with Crippen LogP contribution in [0.25, 0.3) is 11.4 Å². The van der Waals surface area contributed by atoms with E-state index in [1.807, 2.05) is 30.3 Å². The van der Waals surface area contributed by atoms with E-state index in [4.69, 9.17) is 4.74 Å². The van der Waals surface area contributed by atoms with Crippen LogP contribution in [-0.4, -0.2) is 24.6 Å². The second kappa shape index (κ2) is 6.18. The van der Waals surface area contributed by atoms with Crippen LogP contribution in [0, 0.1) is 0 Å². The van der Waals surface area contributed by atoms with Gasteiger partial charge in [-0.1, -0.05) is 30.3 Å². The fraction of sp³-hybridized carbons (Fsp3) is 0.0588. The molecular weight excluding hydrogens is 312 g/mol. The minimum atomic E-state index is -3.22. The van der Waals surface area contributed by atoms with Gasteiger partial charge in [-0.25, -0.2) is 13.4 Å². The van der Waals surface area contributed by atoms with Crippen molar-refractivity contribution in [2.75, 3.05) is 6.26 Å². The highest BCUT2D eigenvalue weighted by molar-refractivity contribution is 7.90. The third-order valence-electron chi connectivity index (χ3n) is 3.14. The van der Waals surface area contributed by atoms with Crippen LogP contribution in [0.1, 0.15) is 0 Å². The van der Waals surface area contributed by atoms with Crippen molar-refractivity contribution in [3.05, 3.63) is 66.9 Å². The van der Waals surface area contributed by atoms with Crippen LogP contribution in [0.4, 0.5) is 0 Å². The summed E-state index contributed by atoms with van der Waals surface area (Å²) in [6.45, 7) is 0. The molecule has 3 rings (SSSR count). The molecule has 2 aromatic carbocycles. The lowest BCUT2D eigenvalue weighted by Crippen LogP contribution is -1.97. The lowest BCUT2D eigenvalue weighted by molar-refractivity contribution is 0.462. The van der Waals surface area contributed by atoms with Gasteiger partial charge in [0.25, 0.3) is 0 Å². The van der Waals surface area contributed by atoms with E-state index in [0.29, 0.717) is 17.5 Å². The van der Waals surface area contributed by atoms with Crippen LogP contribution in [0.5, 0.6) is 11.6 Å². The maximum absolute atomic E-state index is 11.4. The second-order valence-electron chi connectivity index (χ2n) is 4.93. The van der Waals surface area contributed by atoms with Gasteiger partial charge in [-0.05, 0) is 24.3 Å². The van der Waals surface area contributed by atoms with E-state index in [-0.39, 0.29) is 4.90 Å². The molecule has 3 aromatic rings. The first-order chi connectivity index (χ1) is 11.0. The Balaban J connectivity index is 1.84. The lowest BCUT2D eigenvalue weighted by atomic mass is 10.2. The third kappa shape index (κ3) is 3.73. The number of benzene rings is 2. The highest BCUT2D eigenvalue weighted by atomic mass is 32.2. The van der Waals surface area contributed by atoms with Gasteiger partial charge in [0.2, 0.25) is 5.88 Å². The summed E-state index contributed by atoms with van der Waals surface area (Å²) in [4.78, 5) is 8.83. The maximum Gasteiger partial charge on any atom is 0.222 e. The van der Waals surface area contributed by atoms with Crippen LogP contribution < -0.4 is 4.74 Å². The third-order valence-corrected chi connectivity index (χ3v) is 4.26. The summed E-state index contributed by atoms with van der Waals surface area (Å²) in [5.74, 6) is 1.47. The molecule has 0 amide bonds. The van der Waals surface area contributed by atoms with Crippen molar-refractivity contribution in [2.45, 2.75) is 4.90 Å². The molecule has 1 aromatic heterocycles. The Labute approximate surface area is 134 Å². The SMILES string of the molecule is CS(=O)(=O)c1ccc(Oc2ccnc(-c3ccccc3)n2)cc1. The van der Waals surface area contributed by atoms with Gasteiger partial charge >= 0.3 is 0 Å². The summed E-state index contributed by atoms with van der Waals surface area (Å²) in [5.41, 5.74) is 0.894. The monoisotopic (exact) mass is 326 g/mol. The zero-order valence-corrected chi connectivity index (χ0v) is 13.2. The van der Waals surface area contributed by atoms with E-state index in [1.165, 1.54) is 18.4 Å². The van der Waals surface area contributed by atoms with E-state index < -0.39 is 9.84 Å². The summed E-state index contributed by atoms with van der Waals surface area (Å²) >= 11 is 0. The number of nitrogens with zero attached hydrogens (tertiary/aromatic N) is 2. The number of ether oxygens (including phenoxy) is 1. The van der Waals surface area contributed by atoms with Crippen LogP contribution >= 0.6 is 0 Å². The molecule has 0 spiro atoms. The highest BCUT2D eigenvalue weighted by Crippen LogP contribution is 2.23. The first kappa shape index (κ1) is 15.2. The van der Waals surface area contributed by atoms with Gasteiger partial charge in [0, 0.05) is 24.1 Å². The van der Waals surface area contributed by atoms with Crippen LogP contribution in [0.2, 0.25) is 0 Å². The molecule has 0 radical (unpaired) electrons. The van der Waals surface area contributed by atoms with E-state index >= 15 is 0 Å². The molecule has 0 atom stereocenters. The predicted molar refractivity (Wildman–Crippen MR) is 87.1 cm³/mol. The van der Waals surface area contributed by atoms with E-state index in [2.05, 4.69) is 9.97 Å². The molecular formula is C17H14N2O3S. The average Bonchev–Trinajstić information content (AvgIpc) is 2.56. The van der Waals surface area contributed by atoms with E-state index in [9.17, 15) is 8.42 Å². The fourth-order valence-corrected chi connectivity index (χ4v) is 2.63. The quantitative estimate of drug-likeness (QED) is 0.735. The predicted octanol–water partition coefficient (Wildman–Crippen LogP) is 3.34. The van der Waals surface area contributed by atoms with Crippen molar-refractivity contribution in [1.82, 2.24) is 9.97 Å². The zero-order valence-electron chi connectivity index (χ0n) is 12.4. The molecule has 5 nitrogen and oxygen atoms in total. The number of sulfone groups is 1. The molecule has 0 bridgehead atoms. The lowest BCUT2D eigenvalue weighted by Gasteiger charge is -2.07. The van der Waals surface area contributed by atoms with Crippen molar-refractivity contribution >= 4 is 9.84 Å². The van der Waals surface area contributed by atoms with Gasteiger partial charge in [-0.3, -0.25) is 0 Å². The molecule has 0 unspecified atom stereocenters. The number of aromatic nitrogens is 2. The van der Waals surface area contributed by atoms with Gasteiger partial charge in [-0.15, -0.1) is 0 Å². The summed E-state index contributed by atoms with van der Waals surface area (Å²) in [6.07, 6.45) is 2.79. The van der Waals surface area contributed by atoms with Crippen LogP contribution in [0.15, 0.2) is 71.8 Å². The normalized spacial score (nSPS) is 11.2. The maximum atomic E-state index is 11.4. The molecule has 0 saturated carbocycles. The summed E-state index contributed by atoms with van der Waals surface area (Å²) < 4.78 is 28.5. The van der Waals surface area contributed by atoms with Crippen molar-refractivity contribution in [1.29, 1.82) is 0 Å². The van der Waals surface area contributed by atoms with Crippen molar-refractivity contribution in [3.8, 4) is 23.0 Å². The molecule has 0 aliphatic rings. The topological polar surface area (TPSA) is 69.2 Å². The summed E-state index contributed by atoms with van der Waals surface area (Å²) in [6, 6.07) is 17.4. The fourth-order valence-electron chi connectivity index (χ4n) is 2.00. The minimum Gasteiger partial charge on any atom is -0.439 e. The van der Waals surface area contributed by atoms with Gasteiger partial charge < -0.3 is 4.74 Å². The molecule has 23 heavy (non-hydrogen) atoms. The first-order valence-corrected chi connectivity index (χ1v) is 8.78. The van der Waals surface area contributed by atoms with Gasteiger partial charge in [0.05, 0.1) is 4.90 Å². The zero-order chi connectivity index (χ0) is 16.3. The van der Waals surface area contributed by atoms with E-state index in [0.717, 1.165) is 5.56 Å². The smallest absolute Gasteiger partial charge is 0.222 e. The van der Waals surface area contributed by atoms with Crippen LogP contribution in [-0.2, 0) is 9.84 Å². The Kier molecular flexibility index (Phi) is 4.08. The van der Waals surface area contributed by atoms with Crippen molar-refractivity contribution in [2.24, 2.45) is 0 Å². The Hall–Kier alpha value is -2.73. The molecule has 0 aliphatic heterocycles. The average molecular weight is 326 g/mol. The number of rotatable bonds is 4. The molecule has 0 N–H and O–H groups in total. The van der Waals surface area contributed by atoms with E-state index in [1.54, 1.807) is 24.4 Å². The molecule has 0 saturated heterocycles. The first-order valence-electron chi connectivity index (χ1n) is 6.89. The number of hydrogen-bond acceptors (Lipinski definition) is 5.